The van der Waals surface area contributed by atoms with Crippen LogP contribution in [0.4, 0.5) is 5.69 Å². The molecule has 0 spiro atoms. The fraction of sp³-hybridized carbons (Fsp3) is 0.345. The van der Waals surface area contributed by atoms with Gasteiger partial charge in [-0.15, -0.1) is 0 Å². The molecule has 3 rings (SSSR count). The number of carbonyl (C=O) groups is 1. The first-order valence-corrected chi connectivity index (χ1v) is 12.3. The Hall–Kier alpha value is -2.82. The number of likely N-dealkylation sites (N-methyl/N-ethyl adjacent to an activating group) is 1. The summed E-state index contributed by atoms with van der Waals surface area (Å²) in [4.78, 5) is 16.7. The molecule has 5 heteroatoms. The van der Waals surface area contributed by atoms with Gasteiger partial charge in [0.1, 0.15) is 5.75 Å². The number of anilines is 1. The molecule has 1 amide bonds. The number of nitrogens with zero attached hydrogens (tertiary/aromatic N) is 2. The molecule has 1 N–H and O–H groups in total. The standard InChI is InChI=1S/C29H35ClN2O2/c1-4-18-31(3)27(19-23-14-17-28(30)29(34)20-23)16-15-24-10-8-9-11-25(24)21-32(22(2)33)26-12-6-5-7-13-26/h5-14,17,20,27,34H,4,15-16,18-19,21H2,1-3H3. The van der Waals surface area contributed by atoms with Crippen LogP contribution in [0.3, 0.4) is 0 Å². The van der Waals surface area contributed by atoms with E-state index in [9.17, 15) is 9.90 Å². The van der Waals surface area contributed by atoms with Crippen molar-refractivity contribution in [3.05, 3.63) is 94.5 Å². The first-order chi connectivity index (χ1) is 16.4. The van der Waals surface area contributed by atoms with Gasteiger partial charge in [0.05, 0.1) is 11.6 Å². The van der Waals surface area contributed by atoms with Crippen LogP contribution in [-0.2, 0) is 24.2 Å². The SMILES string of the molecule is CCCN(C)C(CCc1ccccc1CN(C(C)=O)c1ccccc1)Cc1ccc(Cl)c(O)c1. The van der Waals surface area contributed by atoms with E-state index in [0.717, 1.165) is 43.5 Å². The van der Waals surface area contributed by atoms with Crippen LogP contribution in [0.25, 0.3) is 0 Å². The number of aryl methyl sites for hydroxylation is 1. The number of aromatic hydroxyl groups is 1. The van der Waals surface area contributed by atoms with Gasteiger partial charge in [0.2, 0.25) is 5.91 Å². The van der Waals surface area contributed by atoms with Crippen LogP contribution in [0.15, 0.2) is 72.8 Å². The highest BCUT2D eigenvalue weighted by atomic mass is 35.5. The number of hydrogen-bond donors (Lipinski definition) is 1. The van der Waals surface area contributed by atoms with Crippen molar-refractivity contribution in [2.45, 2.75) is 52.1 Å². The third-order valence-corrected chi connectivity index (χ3v) is 6.64. The van der Waals surface area contributed by atoms with Crippen molar-refractivity contribution in [3.8, 4) is 5.75 Å². The van der Waals surface area contributed by atoms with Crippen molar-refractivity contribution in [3.63, 3.8) is 0 Å². The van der Waals surface area contributed by atoms with Gasteiger partial charge >= 0.3 is 0 Å². The highest BCUT2D eigenvalue weighted by Gasteiger charge is 2.18. The van der Waals surface area contributed by atoms with Crippen LogP contribution >= 0.6 is 11.6 Å². The molecule has 0 bridgehead atoms. The molecule has 1 unspecified atom stereocenters. The molecule has 34 heavy (non-hydrogen) atoms. The number of halogens is 1. The molecule has 3 aromatic carbocycles. The average Bonchev–Trinajstić information content (AvgIpc) is 2.83. The number of carbonyl (C=O) groups excluding carboxylic acids is 1. The Balaban J connectivity index is 1.77. The van der Waals surface area contributed by atoms with Gasteiger partial charge in [0.15, 0.2) is 0 Å². The second-order valence-electron chi connectivity index (χ2n) is 8.87. The van der Waals surface area contributed by atoms with E-state index in [0.29, 0.717) is 17.6 Å². The Morgan fingerprint density at radius 2 is 1.68 bits per heavy atom. The van der Waals surface area contributed by atoms with Gasteiger partial charge in [-0.25, -0.2) is 0 Å². The highest BCUT2D eigenvalue weighted by molar-refractivity contribution is 6.32. The molecule has 0 heterocycles. The molecule has 0 radical (unpaired) electrons. The number of phenols is 1. The van der Waals surface area contributed by atoms with Crippen molar-refractivity contribution in [2.24, 2.45) is 0 Å². The highest BCUT2D eigenvalue weighted by Crippen LogP contribution is 2.26. The van der Waals surface area contributed by atoms with Gasteiger partial charge in [-0.05, 0) is 80.2 Å². The predicted octanol–water partition coefficient (Wildman–Crippen LogP) is 6.48. The number of amides is 1. The zero-order valence-electron chi connectivity index (χ0n) is 20.4. The van der Waals surface area contributed by atoms with Crippen LogP contribution in [0.5, 0.6) is 5.75 Å². The summed E-state index contributed by atoms with van der Waals surface area (Å²) in [7, 11) is 2.17. The van der Waals surface area contributed by atoms with Gasteiger partial charge in [0, 0.05) is 18.7 Å². The number of para-hydroxylation sites is 1. The van der Waals surface area contributed by atoms with Crippen molar-refractivity contribution < 1.29 is 9.90 Å². The van der Waals surface area contributed by atoms with E-state index in [1.807, 2.05) is 47.4 Å². The third-order valence-electron chi connectivity index (χ3n) is 6.32. The molecule has 1 atom stereocenters. The van der Waals surface area contributed by atoms with Crippen LogP contribution in [0, 0.1) is 0 Å². The molecule has 0 aromatic heterocycles. The lowest BCUT2D eigenvalue weighted by atomic mass is 9.95. The van der Waals surface area contributed by atoms with E-state index in [4.69, 9.17) is 11.6 Å². The molecule has 0 aliphatic rings. The molecule has 0 aliphatic heterocycles. The van der Waals surface area contributed by atoms with E-state index >= 15 is 0 Å². The van der Waals surface area contributed by atoms with E-state index in [-0.39, 0.29) is 11.7 Å². The molecular formula is C29H35ClN2O2. The maximum Gasteiger partial charge on any atom is 0.224 e. The number of phenolic OH excluding ortho intramolecular Hbond substituents is 1. The van der Waals surface area contributed by atoms with Crippen molar-refractivity contribution in [1.29, 1.82) is 0 Å². The average molecular weight is 479 g/mol. The minimum atomic E-state index is 0.0316. The van der Waals surface area contributed by atoms with Crippen LogP contribution in [-0.4, -0.2) is 35.5 Å². The lowest BCUT2D eigenvalue weighted by Crippen LogP contribution is -2.34. The molecular weight excluding hydrogens is 444 g/mol. The topological polar surface area (TPSA) is 43.8 Å². The van der Waals surface area contributed by atoms with Crippen molar-refractivity contribution in [2.75, 3.05) is 18.5 Å². The van der Waals surface area contributed by atoms with Gasteiger partial charge in [-0.1, -0.05) is 67.1 Å². The number of benzene rings is 3. The molecule has 0 aliphatic carbocycles. The Labute approximate surface area is 208 Å². The van der Waals surface area contributed by atoms with Crippen LogP contribution < -0.4 is 4.90 Å². The maximum absolute atomic E-state index is 12.4. The van der Waals surface area contributed by atoms with E-state index in [1.165, 1.54) is 11.1 Å². The Bertz CT molecular complexity index is 1070. The first-order valence-electron chi connectivity index (χ1n) is 12.0. The van der Waals surface area contributed by atoms with Gasteiger partial charge in [-0.2, -0.15) is 0 Å². The number of hydrogen-bond acceptors (Lipinski definition) is 3. The normalized spacial score (nSPS) is 12.0. The number of rotatable bonds is 11. The second kappa shape index (κ2) is 12.6. The molecule has 0 saturated heterocycles. The minimum Gasteiger partial charge on any atom is -0.506 e. The molecule has 0 saturated carbocycles. The van der Waals surface area contributed by atoms with Crippen LogP contribution in [0.2, 0.25) is 5.02 Å². The third kappa shape index (κ3) is 7.09. The maximum atomic E-state index is 12.4. The van der Waals surface area contributed by atoms with Crippen LogP contribution in [0.1, 0.15) is 43.4 Å². The smallest absolute Gasteiger partial charge is 0.224 e. The summed E-state index contributed by atoms with van der Waals surface area (Å²) in [5.74, 6) is 0.163. The largest absolute Gasteiger partial charge is 0.506 e. The van der Waals surface area contributed by atoms with Gasteiger partial charge in [-0.3, -0.25) is 4.79 Å². The molecule has 180 valence electrons. The zero-order valence-corrected chi connectivity index (χ0v) is 21.1. The summed E-state index contributed by atoms with van der Waals surface area (Å²) >= 11 is 6.01. The summed E-state index contributed by atoms with van der Waals surface area (Å²) in [6.45, 7) is 5.37. The van der Waals surface area contributed by atoms with Crippen molar-refractivity contribution >= 4 is 23.2 Å². The lowest BCUT2D eigenvalue weighted by molar-refractivity contribution is -0.116. The van der Waals surface area contributed by atoms with Gasteiger partial charge in [0.25, 0.3) is 0 Å². The molecule has 3 aromatic rings. The second-order valence-corrected chi connectivity index (χ2v) is 9.28. The summed E-state index contributed by atoms with van der Waals surface area (Å²) in [5.41, 5.74) is 4.42. The monoisotopic (exact) mass is 478 g/mol. The molecule has 0 fully saturated rings. The lowest BCUT2D eigenvalue weighted by Gasteiger charge is -2.29. The summed E-state index contributed by atoms with van der Waals surface area (Å²) < 4.78 is 0. The quantitative estimate of drug-likeness (QED) is 0.342. The summed E-state index contributed by atoms with van der Waals surface area (Å²) in [5, 5.41) is 10.4. The summed E-state index contributed by atoms with van der Waals surface area (Å²) in [6, 6.07) is 24.1. The fourth-order valence-electron chi connectivity index (χ4n) is 4.41. The van der Waals surface area contributed by atoms with E-state index in [2.05, 4.69) is 37.1 Å². The minimum absolute atomic E-state index is 0.0316. The van der Waals surface area contributed by atoms with E-state index in [1.54, 1.807) is 19.1 Å². The van der Waals surface area contributed by atoms with E-state index < -0.39 is 0 Å². The summed E-state index contributed by atoms with van der Waals surface area (Å²) in [6.07, 6.45) is 3.81. The Morgan fingerprint density at radius 3 is 2.32 bits per heavy atom. The Morgan fingerprint density at radius 1 is 1.00 bits per heavy atom. The first kappa shape index (κ1) is 25.8. The fourth-order valence-corrected chi connectivity index (χ4v) is 4.53. The molecule has 4 nitrogen and oxygen atoms in total. The zero-order chi connectivity index (χ0) is 24.5. The Kier molecular flexibility index (Phi) is 9.55. The predicted molar refractivity (Wildman–Crippen MR) is 142 cm³/mol. The van der Waals surface area contributed by atoms with Crippen molar-refractivity contribution in [1.82, 2.24) is 4.90 Å². The van der Waals surface area contributed by atoms with Gasteiger partial charge < -0.3 is 14.9 Å².